The van der Waals surface area contributed by atoms with Crippen LogP contribution < -0.4 is 5.32 Å². The van der Waals surface area contributed by atoms with Gasteiger partial charge in [-0.05, 0) is 39.2 Å². The number of aromatic nitrogens is 3. The number of carbonyl (C=O) groups excluding carboxylic acids is 1. The summed E-state index contributed by atoms with van der Waals surface area (Å²) in [5.74, 6) is 0.625. The molecule has 128 valence electrons. The molecule has 2 aromatic rings. The molecule has 2 N–H and O–H groups in total. The van der Waals surface area contributed by atoms with E-state index >= 15 is 0 Å². The van der Waals surface area contributed by atoms with Crippen molar-refractivity contribution in [3.8, 4) is 0 Å². The maximum atomic E-state index is 12.6. The molecule has 1 saturated carbocycles. The molecule has 1 aliphatic carbocycles. The zero-order chi connectivity index (χ0) is 17.4. The Morgan fingerprint density at radius 3 is 2.88 bits per heavy atom. The van der Waals surface area contributed by atoms with Crippen molar-refractivity contribution in [2.75, 3.05) is 13.6 Å². The molecule has 7 nitrogen and oxygen atoms in total. The van der Waals surface area contributed by atoms with Crippen LogP contribution in [0.25, 0.3) is 5.65 Å². The molecule has 0 aromatic carbocycles. The number of pyridine rings is 1. The molecule has 0 unspecified atom stereocenters. The second-order valence-electron chi connectivity index (χ2n) is 6.77. The van der Waals surface area contributed by atoms with Crippen LogP contribution in [0.3, 0.4) is 0 Å². The van der Waals surface area contributed by atoms with Gasteiger partial charge < -0.3 is 15.4 Å². The van der Waals surface area contributed by atoms with Gasteiger partial charge in [0.1, 0.15) is 5.41 Å². The van der Waals surface area contributed by atoms with Crippen molar-refractivity contribution >= 4 is 17.8 Å². The van der Waals surface area contributed by atoms with Crippen LogP contribution in [0.5, 0.6) is 0 Å². The van der Waals surface area contributed by atoms with Gasteiger partial charge in [0.15, 0.2) is 11.5 Å². The molecule has 1 aliphatic rings. The normalized spacial score (nSPS) is 16.7. The Labute approximate surface area is 140 Å². The summed E-state index contributed by atoms with van der Waals surface area (Å²) in [6, 6.07) is 3.68. The summed E-state index contributed by atoms with van der Waals surface area (Å²) < 4.78 is 1.83. The minimum Gasteiger partial charge on any atom is -0.386 e. The van der Waals surface area contributed by atoms with Gasteiger partial charge in [-0.25, -0.2) is 0 Å². The molecule has 2 heterocycles. The van der Waals surface area contributed by atoms with Crippen LogP contribution in [0.15, 0.2) is 23.3 Å². The first-order valence-electron chi connectivity index (χ1n) is 8.16. The third kappa shape index (κ3) is 2.80. The Kier molecular flexibility index (Phi) is 4.13. The maximum Gasteiger partial charge on any atom is 0.233 e. The van der Waals surface area contributed by atoms with Crippen molar-refractivity contribution in [2.45, 2.75) is 44.1 Å². The number of nitrogens with zero attached hydrogens (tertiary/aromatic N) is 4. The van der Waals surface area contributed by atoms with E-state index in [9.17, 15) is 9.90 Å². The largest absolute Gasteiger partial charge is 0.386 e. The van der Waals surface area contributed by atoms with Gasteiger partial charge in [-0.15, -0.1) is 10.2 Å². The fourth-order valence-electron chi connectivity index (χ4n) is 2.95. The second-order valence-corrected chi connectivity index (χ2v) is 6.77. The van der Waals surface area contributed by atoms with Crippen LogP contribution in [0.1, 0.15) is 44.5 Å². The van der Waals surface area contributed by atoms with Gasteiger partial charge in [0.25, 0.3) is 0 Å². The average molecular weight is 329 g/mol. The summed E-state index contributed by atoms with van der Waals surface area (Å²) in [5.41, 5.74) is -0.344. The van der Waals surface area contributed by atoms with Crippen LogP contribution in [-0.4, -0.2) is 45.4 Å². The minimum absolute atomic E-state index is 0.0186. The van der Waals surface area contributed by atoms with Gasteiger partial charge in [0.05, 0.1) is 5.60 Å². The highest BCUT2D eigenvalue weighted by molar-refractivity contribution is 5.90. The summed E-state index contributed by atoms with van der Waals surface area (Å²) in [5, 5.41) is 21.8. The highest BCUT2D eigenvalue weighted by atomic mass is 16.3. The van der Waals surface area contributed by atoms with E-state index in [2.05, 4.69) is 20.5 Å². The highest BCUT2D eigenvalue weighted by Gasteiger charge is 2.54. The van der Waals surface area contributed by atoms with E-state index in [-0.39, 0.29) is 5.91 Å². The number of nitrogens with one attached hydrogen (secondary N) is 1. The standard InChI is InChI=1S/C17H23N5O2/c1-16(2,24)12-6-4-11-22-13(12)20-21-14(22)17(7-8-17)15(23)19-10-5-9-18-3/h4,6,9,11,24H,5,7-8,10H2,1-3H3,(H,19,23). The molecular formula is C17H23N5O2. The topological polar surface area (TPSA) is 91.9 Å². The zero-order valence-electron chi connectivity index (χ0n) is 14.3. The van der Waals surface area contributed by atoms with Crippen molar-refractivity contribution in [1.29, 1.82) is 0 Å². The van der Waals surface area contributed by atoms with Crippen molar-refractivity contribution in [3.63, 3.8) is 0 Å². The van der Waals surface area contributed by atoms with Gasteiger partial charge in [-0.2, -0.15) is 0 Å². The first-order valence-corrected chi connectivity index (χ1v) is 8.16. The number of amides is 1. The van der Waals surface area contributed by atoms with E-state index in [1.165, 1.54) is 0 Å². The quantitative estimate of drug-likeness (QED) is 0.615. The van der Waals surface area contributed by atoms with E-state index in [0.29, 0.717) is 30.0 Å². The van der Waals surface area contributed by atoms with E-state index in [1.54, 1.807) is 27.1 Å². The SMILES string of the molecule is CN=CCCNC(=O)C1(c2nnc3c(C(C)(C)O)cccn23)CC1. The molecule has 2 aromatic heterocycles. The number of hydrogen-bond acceptors (Lipinski definition) is 5. The molecule has 0 spiro atoms. The lowest BCUT2D eigenvalue weighted by Gasteiger charge is -2.18. The molecular weight excluding hydrogens is 306 g/mol. The van der Waals surface area contributed by atoms with Crippen LogP contribution in [-0.2, 0) is 15.8 Å². The maximum absolute atomic E-state index is 12.6. The predicted molar refractivity (Wildman–Crippen MR) is 91.2 cm³/mol. The Bertz CT molecular complexity index is 784. The Hall–Kier alpha value is -2.28. The Balaban J connectivity index is 1.91. The highest BCUT2D eigenvalue weighted by Crippen LogP contribution is 2.47. The lowest BCUT2D eigenvalue weighted by atomic mass is 9.99. The zero-order valence-corrected chi connectivity index (χ0v) is 14.3. The number of carbonyl (C=O) groups is 1. The monoisotopic (exact) mass is 329 g/mol. The fourth-order valence-corrected chi connectivity index (χ4v) is 2.95. The average Bonchev–Trinajstić information content (AvgIpc) is 3.23. The summed E-state index contributed by atoms with van der Waals surface area (Å²) >= 11 is 0. The number of aliphatic hydroxyl groups is 1. The van der Waals surface area contributed by atoms with Gasteiger partial charge in [0, 0.05) is 31.6 Å². The molecule has 7 heteroatoms. The molecule has 0 bridgehead atoms. The molecule has 0 atom stereocenters. The van der Waals surface area contributed by atoms with Crippen LogP contribution >= 0.6 is 0 Å². The molecule has 3 rings (SSSR count). The second kappa shape index (κ2) is 5.98. The number of hydrogen-bond donors (Lipinski definition) is 2. The van der Waals surface area contributed by atoms with E-state index in [0.717, 1.165) is 12.8 Å². The van der Waals surface area contributed by atoms with E-state index in [1.807, 2.05) is 22.7 Å². The van der Waals surface area contributed by atoms with Crippen LogP contribution in [0.4, 0.5) is 0 Å². The Morgan fingerprint density at radius 2 is 2.25 bits per heavy atom. The first-order chi connectivity index (χ1) is 11.4. The molecule has 1 fully saturated rings. The lowest BCUT2D eigenvalue weighted by Crippen LogP contribution is -2.36. The van der Waals surface area contributed by atoms with Crippen LogP contribution in [0, 0.1) is 0 Å². The number of fused-ring (bicyclic) bond motifs is 1. The third-order valence-corrected chi connectivity index (χ3v) is 4.45. The van der Waals surface area contributed by atoms with E-state index in [4.69, 9.17) is 0 Å². The van der Waals surface area contributed by atoms with Crippen molar-refractivity contribution in [3.05, 3.63) is 29.7 Å². The van der Waals surface area contributed by atoms with Crippen molar-refractivity contribution in [2.24, 2.45) is 4.99 Å². The number of rotatable bonds is 6. The van der Waals surface area contributed by atoms with E-state index < -0.39 is 11.0 Å². The molecule has 24 heavy (non-hydrogen) atoms. The number of aliphatic imine (C=N–C) groups is 1. The molecule has 1 amide bonds. The van der Waals surface area contributed by atoms with Crippen molar-refractivity contribution in [1.82, 2.24) is 19.9 Å². The summed E-state index contributed by atoms with van der Waals surface area (Å²) in [6.45, 7) is 3.99. The van der Waals surface area contributed by atoms with Gasteiger partial charge in [-0.1, -0.05) is 6.07 Å². The molecule has 0 saturated heterocycles. The molecule has 0 radical (unpaired) electrons. The first kappa shape index (κ1) is 16.6. The smallest absolute Gasteiger partial charge is 0.233 e. The summed E-state index contributed by atoms with van der Waals surface area (Å²) in [7, 11) is 1.72. The Morgan fingerprint density at radius 1 is 1.50 bits per heavy atom. The van der Waals surface area contributed by atoms with Gasteiger partial charge in [-0.3, -0.25) is 9.20 Å². The summed E-state index contributed by atoms with van der Waals surface area (Å²) in [6.07, 6.45) is 5.85. The minimum atomic E-state index is -1.02. The fraction of sp³-hybridized carbons (Fsp3) is 0.529. The summed E-state index contributed by atoms with van der Waals surface area (Å²) in [4.78, 5) is 16.5. The van der Waals surface area contributed by atoms with Gasteiger partial charge >= 0.3 is 0 Å². The van der Waals surface area contributed by atoms with Gasteiger partial charge in [0.2, 0.25) is 5.91 Å². The lowest BCUT2D eigenvalue weighted by molar-refractivity contribution is -0.123. The van der Waals surface area contributed by atoms with Crippen LogP contribution in [0.2, 0.25) is 0 Å². The third-order valence-electron chi connectivity index (χ3n) is 4.45. The van der Waals surface area contributed by atoms with Crippen molar-refractivity contribution < 1.29 is 9.90 Å². The molecule has 0 aliphatic heterocycles. The predicted octanol–water partition coefficient (Wildman–Crippen LogP) is 1.20.